The SMILES string of the molecule is CCCCNC(=O)C1=C(CCCCCCl)c2ccccc2C1=O. The van der Waals surface area contributed by atoms with Crippen molar-refractivity contribution in [1.82, 2.24) is 5.32 Å². The number of allylic oxidation sites excluding steroid dienone is 1. The molecule has 0 bridgehead atoms. The van der Waals surface area contributed by atoms with E-state index in [1.54, 1.807) is 0 Å². The minimum atomic E-state index is -0.230. The summed E-state index contributed by atoms with van der Waals surface area (Å²) >= 11 is 5.72. The molecule has 1 aliphatic carbocycles. The van der Waals surface area contributed by atoms with Gasteiger partial charge < -0.3 is 5.32 Å². The van der Waals surface area contributed by atoms with E-state index < -0.39 is 0 Å². The number of halogens is 1. The maximum atomic E-state index is 12.6. The zero-order chi connectivity index (χ0) is 16.7. The number of carbonyl (C=O) groups is 2. The summed E-state index contributed by atoms with van der Waals surface area (Å²) in [6.45, 7) is 2.69. The summed E-state index contributed by atoms with van der Waals surface area (Å²) in [5.74, 6) is 0.285. The number of rotatable bonds is 9. The number of benzene rings is 1. The van der Waals surface area contributed by atoms with Crippen molar-refractivity contribution in [3.05, 3.63) is 41.0 Å². The van der Waals surface area contributed by atoms with Crippen molar-refractivity contribution in [3.63, 3.8) is 0 Å². The van der Waals surface area contributed by atoms with Crippen LogP contribution in [0.4, 0.5) is 0 Å². The highest BCUT2D eigenvalue weighted by molar-refractivity contribution is 6.34. The quantitative estimate of drug-likeness (QED) is 0.415. The molecule has 1 aromatic carbocycles. The van der Waals surface area contributed by atoms with E-state index in [9.17, 15) is 9.59 Å². The monoisotopic (exact) mass is 333 g/mol. The fourth-order valence-corrected chi connectivity index (χ4v) is 3.08. The number of alkyl halides is 1. The van der Waals surface area contributed by atoms with E-state index in [0.717, 1.165) is 49.7 Å². The molecule has 0 aromatic heterocycles. The molecule has 0 fully saturated rings. The van der Waals surface area contributed by atoms with Crippen LogP contribution >= 0.6 is 11.6 Å². The number of amides is 1. The molecular formula is C19H24ClNO2. The van der Waals surface area contributed by atoms with E-state index in [2.05, 4.69) is 12.2 Å². The maximum Gasteiger partial charge on any atom is 0.255 e. The van der Waals surface area contributed by atoms with E-state index in [-0.39, 0.29) is 11.7 Å². The van der Waals surface area contributed by atoms with E-state index in [0.29, 0.717) is 23.6 Å². The first-order chi connectivity index (χ1) is 11.2. The zero-order valence-corrected chi connectivity index (χ0v) is 14.4. The Balaban J connectivity index is 2.21. The minimum Gasteiger partial charge on any atom is -0.352 e. The van der Waals surface area contributed by atoms with Crippen LogP contribution in [0.25, 0.3) is 5.57 Å². The molecule has 0 aliphatic heterocycles. The second-order valence-electron chi connectivity index (χ2n) is 5.84. The fraction of sp³-hybridized carbons (Fsp3) is 0.474. The van der Waals surface area contributed by atoms with Crippen LogP contribution in [0.15, 0.2) is 29.8 Å². The average molecular weight is 334 g/mol. The van der Waals surface area contributed by atoms with Gasteiger partial charge >= 0.3 is 0 Å². The Kier molecular flexibility index (Phi) is 6.85. The lowest BCUT2D eigenvalue weighted by molar-refractivity contribution is -0.117. The molecule has 124 valence electrons. The normalized spacial score (nSPS) is 13.4. The van der Waals surface area contributed by atoms with Crippen molar-refractivity contribution >= 4 is 28.9 Å². The van der Waals surface area contributed by atoms with Gasteiger partial charge in [0.25, 0.3) is 5.91 Å². The molecule has 4 heteroatoms. The molecule has 0 spiro atoms. The maximum absolute atomic E-state index is 12.6. The fourth-order valence-electron chi connectivity index (χ4n) is 2.89. The Morgan fingerprint density at radius 2 is 1.83 bits per heavy atom. The van der Waals surface area contributed by atoms with Crippen LogP contribution < -0.4 is 5.32 Å². The molecule has 0 radical (unpaired) electrons. The van der Waals surface area contributed by atoms with Crippen LogP contribution in [-0.2, 0) is 4.79 Å². The van der Waals surface area contributed by atoms with Gasteiger partial charge in [-0.3, -0.25) is 9.59 Å². The van der Waals surface area contributed by atoms with Gasteiger partial charge in [0, 0.05) is 18.0 Å². The number of unbranched alkanes of at least 4 members (excludes halogenated alkanes) is 3. The molecule has 0 atom stereocenters. The first-order valence-corrected chi connectivity index (χ1v) is 8.95. The summed E-state index contributed by atoms with van der Waals surface area (Å²) in [5.41, 5.74) is 2.81. The van der Waals surface area contributed by atoms with Crippen LogP contribution in [0.5, 0.6) is 0 Å². The molecule has 1 aliphatic rings. The van der Waals surface area contributed by atoms with E-state index in [1.807, 2.05) is 24.3 Å². The molecule has 1 aromatic rings. The molecule has 1 amide bonds. The number of hydrogen-bond acceptors (Lipinski definition) is 2. The number of carbonyl (C=O) groups excluding carboxylic acids is 2. The summed E-state index contributed by atoms with van der Waals surface area (Å²) in [5, 5.41) is 2.88. The highest BCUT2D eigenvalue weighted by Crippen LogP contribution is 2.36. The average Bonchev–Trinajstić information content (AvgIpc) is 2.85. The predicted octanol–water partition coefficient (Wildman–Crippen LogP) is 4.35. The Labute approximate surface area is 143 Å². The highest BCUT2D eigenvalue weighted by atomic mass is 35.5. The van der Waals surface area contributed by atoms with Crippen LogP contribution in [-0.4, -0.2) is 24.1 Å². The number of fused-ring (bicyclic) bond motifs is 1. The van der Waals surface area contributed by atoms with Crippen molar-refractivity contribution in [2.75, 3.05) is 12.4 Å². The molecule has 0 saturated heterocycles. The first kappa shape index (κ1) is 17.7. The molecule has 2 rings (SSSR count). The van der Waals surface area contributed by atoms with Crippen molar-refractivity contribution in [2.24, 2.45) is 0 Å². The van der Waals surface area contributed by atoms with E-state index in [4.69, 9.17) is 11.6 Å². The lowest BCUT2D eigenvalue weighted by Crippen LogP contribution is -2.28. The van der Waals surface area contributed by atoms with Gasteiger partial charge in [-0.15, -0.1) is 11.6 Å². The van der Waals surface area contributed by atoms with Gasteiger partial charge in [0.2, 0.25) is 0 Å². The smallest absolute Gasteiger partial charge is 0.255 e. The Hall–Kier alpha value is -1.61. The van der Waals surface area contributed by atoms with Crippen molar-refractivity contribution in [1.29, 1.82) is 0 Å². The van der Waals surface area contributed by atoms with Crippen molar-refractivity contribution in [3.8, 4) is 0 Å². The molecular weight excluding hydrogens is 310 g/mol. The standard InChI is InChI=1S/C19H24ClNO2/c1-2-3-13-21-19(23)17-15(10-5-4-8-12-20)14-9-6-7-11-16(14)18(17)22/h6-7,9,11H,2-5,8,10,12-13H2,1H3,(H,21,23). The first-order valence-electron chi connectivity index (χ1n) is 8.42. The molecule has 0 unspecified atom stereocenters. The zero-order valence-electron chi connectivity index (χ0n) is 13.7. The number of ketones is 1. The van der Waals surface area contributed by atoms with Gasteiger partial charge in [-0.25, -0.2) is 0 Å². The molecule has 23 heavy (non-hydrogen) atoms. The third-order valence-corrected chi connectivity index (χ3v) is 4.40. The van der Waals surface area contributed by atoms with Gasteiger partial charge in [-0.05, 0) is 36.8 Å². The summed E-state index contributed by atoms with van der Waals surface area (Å²) < 4.78 is 0. The van der Waals surface area contributed by atoms with Crippen molar-refractivity contribution in [2.45, 2.75) is 45.4 Å². The number of hydrogen-bond donors (Lipinski definition) is 1. The second-order valence-corrected chi connectivity index (χ2v) is 6.22. The van der Waals surface area contributed by atoms with Crippen LogP contribution in [0, 0.1) is 0 Å². The Morgan fingerprint density at radius 3 is 2.52 bits per heavy atom. The topological polar surface area (TPSA) is 46.2 Å². The van der Waals surface area contributed by atoms with Gasteiger partial charge in [0.05, 0.1) is 5.57 Å². The molecule has 0 heterocycles. The Morgan fingerprint density at radius 1 is 1.09 bits per heavy atom. The van der Waals surface area contributed by atoms with Crippen molar-refractivity contribution < 1.29 is 9.59 Å². The van der Waals surface area contributed by atoms with Crippen LogP contribution in [0.2, 0.25) is 0 Å². The van der Waals surface area contributed by atoms with Gasteiger partial charge in [0.15, 0.2) is 5.78 Å². The molecule has 1 N–H and O–H groups in total. The summed E-state index contributed by atoms with van der Waals surface area (Å²) in [6.07, 6.45) is 5.59. The predicted molar refractivity (Wildman–Crippen MR) is 94.8 cm³/mol. The lowest BCUT2D eigenvalue weighted by Gasteiger charge is -2.08. The largest absolute Gasteiger partial charge is 0.352 e. The minimum absolute atomic E-state index is 0.137. The van der Waals surface area contributed by atoms with Gasteiger partial charge in [-0.2, -0.15) is 0 Å². The summed E-state index contributed by atoms with van der Waals surface area (Å²) in [6, 6.07) is 7.52. The van der Waals surface area contributed by atoms with Gasteiger partial charge in [0.1, 0.15) is 0 Å². The third kappa shape index (κ3) is 4.23. The number of Topliss-reactive ketones (excluding diaryl/α,β-unsaturated/α-hetero) is 1. The summed E-state index contributed by atoms with van der Waals surface area (Å²) in [4.78, 5) is 25.1. The lowest BCUT2D eigenvalue weighted by atomic mass is 9.99. The Bertz CT molecular complexity index is 607. The van der Waals surface area contributed by atoms with Gasteiger partial charge in [-0.1, -0.05) is 44.0 Å². The molecule has 0 saturated carbocycles. The number of nitrogens with one attached hydrogen (secondary N) is 1. The highest BCUT2D eigenvalue weighted by Gasteiger charge is 2.32. The third-order valence-electron chi connectivity index (χ3n) is 4.13. The molecule has 3 nitrogen and oxygen atoms in total. The van der Waals surface area contributed by atoms with Crippen LogP contribution in [0.1, 0.15) is 61.4 Å². The van der Waals surface area contributed by atoms with E-state index >= 15 is 0 Å². The second kappa shape index (κ2) is 8.88. The van der Waals surface area contributed by atoms with Crippen LogP contribution in [0.3, 0.4) is 0 Å². The van der Waals surface area contributed by atoms with E-state index in [1.165, 1.54) is 0 Å². The summed E-state index contributed by atoms with van der Waals surface area (Å²) in [7, 11) is 0.